The van der Waals surface area contributed by atoms with E-state index in [9.17, 15) is 0 Å². The summed E-state index contributed by atoms with van der Waals surface area (Å²) >= 11 is 0. The van der Waals surface area contributed by atoms with Gasteiger partial charge in [-0.05, 0) is 19.8 Å². The highest BCUT2D eigenvalue weighted by atomic mass is 16.5. The van der Waals surface area contributed by atoms with Gasteiger partial charge in [-0.1, -0.05) is 5.16 Å². The largest absolute Gasteiger partial charge is 0.378 e. The zero-order chi connectivity index (χ0) is 14.7. The Morgan fingerprint density at radius 1 is 1.38 bits per heavy atom. The summed E-state index contributed by atoms with van der Waals surface area (Å²) in [5.74, 6) is 1.76. The van der Waals surface area contributed by atoms with Crippen molar-refractivity contribution in [2.45, 2.75) is 32.0 Å². The van der Waals surface area contributed by atoms with Crippen LogP contribution in [0.4, 0.5) is 0 Å². The van der Waals surface area contributed by atoms with Crippen LogP contribution in [0, 0.1) is 6.92 Å². The van der Waals surface area contributed by atoms with Crippen LogP contribution in [0.25, 0.3) is 0 Å². The lowest BCUT2D eigenvalue weighted by Crippen LogP contribution is -2.45. The molecule has 0 aliphatic carbocycles. The van der Waals surface area contributed by atoms with Crippen LogP contribution in [0.1, 0.15) is 30.7 Å². The van der Waals surface area contributed by atoms with E-state index in [0.29, 0.717) is 37.4 Å². The van der Waals surface area contributed by atoms with Crippen LogP contribution in [0.15, 0.2) is 9.52 Å². The zero-order valence-corrected chi connectivity index (χ0v) is 12.2. The molecule has 0 amide bonds. The molecule has 2 fully saturated rings. The molecular formula is C13H21N5O3. The molecular weight excluding hydrogens is 274 g/mol. The number of ether oxygens (including phenoxy) is 2. The number of rotatable bonds is 3. The molecule has 8 nitrogen and oxygen atoms in total. The van der Waals surface area contributed by atoms with Gasteiger partial charge in [0.1, 0.15) is 6.10 Å². The summed E-state index contributed by atoms with van der Waals surface area (Å²) in [6, 6.07) is 0. The van der Waals surface area contributed by atoms with Crippen LogP contribution in [-0.4, -0.2) is 60.0 Å². The van der Waals surface area contributed by atoms with Gasteiger partial charge in [-0.2, -0.15) is 4.98 Å². The van der Waals surface area contributed by atoms with Crippen LogP contribution in [0.5, 0.6) is 0 Å². The minimum atomic E-state index is -0.115. The molecule has 2 aliphatic heterocycles. The first-order valence-corrected chi connectivity index (χ1v) is 7.30. The third-order valence-corrected chi connectivity index (χ3v) is 3.72. The first kappa shape index (κ1) is 14.3. The highest BCUT2D eigenvalue weighted by molar-refractivity contribution is 5.78. The van der Waals surface area contributed by atoms with Crippen LogP contribution in [0.2, 0.25) is 0 Å². The second-order valence-corrected chi connectivity index (χ2v) is 5.30. The summed E-state index contributed by atoms with van der Waals surface area (Å²) in [7, 11) is 0. The summed E-state index contributed by atoms with van der Waals surface area (Å²) in [5, 5.41) is 3.79. The van der Waals surface area contributed by atoms with Crippen molar-refractivity contribution < 1.29 is 14.0 Å². The van der Waals surface area contributed by atoms with Crippen molar-refractivity contribution >= 4 is 5.96 Å². The van der Waals surface area contributed by atoms with Crippen molar-refractivity contribution in [3.8, 4) is 0 Å². The topological polar surface area (TPSA) is 99.0 Å². The van der Waals surface area contributed by atoms with Crippen molar-refractivity contribution in [2.75, 3.05) is 32.8 Å². The molecule has 2 saturated heterocycles. The lowest BCUT2D eigenvalue weighted by Gasteiger charge is -2.27. The maximum atomic E-state index is 6.00. The van der Waals surface area contributed by atoms with Crippen molar-refractivity contribution in [1.29, 1.82) is 0 Å². The minimum absolute atomic E-state index is 0.0572. The predicted molar refractivity (Wildman–Crippen MR) is 74.8 cm³/mol. The van der Waals surface area contributed by atoms with E-state index in [2.05, 4.69) is 15.1 Å². The summed E-state index contributed by atoms with van der Waals surface area (Å²) < 4.78 is 16.3. The fourth-order valence-corrected chi connectivity index (χ4v) is 2.55. The zero-order valence-electron chi connectivity index (χ0n) is 12.2. The van der Waals surface area contributed by atoms with Crippen LogP contribution in [-0.2, 0) is 9.47 Å². The van der Waals surface area contributed by atoms with Gasteiger partial charge in [0.2, 0.25) is 0 Å². The van der Waals surface area contributed by atoms with Gasteiger partial charge in [-0.3, -0.25) is 4.99 Å². The Morgan fingerprint density at radius 2 is 2.19 bits per heavy atom. The standard InChI is InChI=1S/C13H21N5O3/c1-9-16-12(21-17-9)11-3-2-10(20-11)8-15-13(14)18-4-6-19-7-5-18/h10-11H,2-8H2,1H3,(H2,14,15)/t10-,11+/m1/s1. The molecule has 0 radical (unpaired) electrons. The fourth-order valence-electron chi connectivity index (χ4n) is 2.55. The van der Waals surface area contributed by atoms with Gasteiger partial charge in [-0.25, -0.2) is 0 Å². The molecule has 2 aliphatic rings. The number of aromatic nitrogens is 2. The Morgan fingerprint density at radius 3 is 2.90 bits per heavy atom. The van der Waals surface area contributed by atoms with Gasteiger partial charge in [0, 0.05) is 13.1 Å². The average Bonchev–Trinajstić information content (AvgIpc) is 3.14. The van der Waals surface area contributed by atoms with Crippen LogP contribution < -0.4 is 5.73 Å². The van der Waals surface area contributed by atoms with E-state index in [4.69, 9.17) is 19.7 Å². The van der Waals surface area contributed by atoms with Crippen LogP contribution in [0.3, 0.4) is 0 Å². The normalized spacial score (nSPS) is 27.3. The van der Waals surface area contributed by atoms with Crippen molar-refractivity contribution in [1.82, 2.24) is 15.0 Å². The number of aryl methyl sites for hydroxylation is 1. The van der Waals surface area contributed by atoms with Crippen molar-refractivity contribution in [3.05, 3.63) is 11.7 Å². The number of guanidine groups is 1. The van der Waals surface area contributed by atoms with E-state index >= 15 is 0 Å². The number of nitrogens with zero attached hydrogens (tertiary/aromatic N) is 4. The van der Waals surface area contributed by atoms with Gasteiger partial charge in [-0.15, -0.1) is 0 Å². The van der Waals surface area contributed by atoms with E-state index in [-0.39, 0.29) is 12.2 Å². The first-order chi connectivity index (χ1) is 10.2. The van der Waals surface area contributed by atoms with Gasteiger partial charge >= 0.3 is 0 Å². The summed E-state index contributed by atoms with van der Waals surface area (Å²) in [5.41, 5.74) is 6.00. The summed E-state index contributed by atoms with van der Waals surface area (Å²) in [6.45, 7) is 5.36. The average molecular weight is 295 g/mol. The van der Waals surface area contributed by atoms with Gasteiger partial charge in [0.05, 0.1) is 25.9 Å². The molecule has 0 bridgehead atoms. The van der Waals surface area contributed by atoms with E-state index in [1.54, 1.807) is 6.92 Å². The first-order valence-electron chi connectivity index (χ1n) is 7.30. The predicted octanol–water partition coefficient (Wildman–Crippen LogP) is 0.245. The quantitative estimate of drug-likeness (QED) is 0.630. The fraction of sp³-hybridized carbons (Fsp3) is 0.769. The Labute approximate surface area is 123 Å². The highest BCUT2D eigenvalue weighted by Crippen LogP contribution is 2.31. The number of hydrogen-bond donors (Lipinski definition) is 1. The smallest absolute Gasteiger partial charge is 0.255 e. The molecule has 8 heteroatoms. The molecule has 0 unspecified atom stereocenters. The van der Waals surface area contributed by atoms with Crippen molar-refractivity contribution in [2.24, 2.45) is 10.7 Å². The van der Waals surface area contributed by atoms with E-state index < -0.39 is 0 Å². The lowest BCUT2D eigenvalue weighted by molar-refractivity contribution is 0.0305. The van der Waals surface area contributed by atoms with Gasteiger partial charge < -0.3 is 24.6 Å². The Kier molecular flexibility index (Phi) is 4.35. The van der Waals surface area contributed by atoms with E-state index in [1.807, 2.05) is 4.90 Å². The Balaban J connectivity index is 1.50. The number of nitrogens with two attached hydrogens (primary N) is 1. The van der Waals surface area contributed by atoms with E-state index in [1.165, 1.54) is 0 Å². The maximum absolute atomic E-state index is 6.00. The molecule has 0 spiro atoms. The molecule has 2 atom stereocenters. The summed E-state index contributed by atoms with van der Waals surface area (Å²) in [4.78, 5) is 10.7. The molecule has 116 valence electrons. The van der Waals surface area contributed by atoms with Crippen molar-refractivity contribution in [3.63, 3.8) is 0 Å². The number of aliphatic imine (C=N–C) groups is 1. The number of morpholine rings is 1. The third kappa shape index (κ3) is 3.51. The minimum Gasteiger partial charge on any atom is -0.378 e. The van der Waals surface area contributed by atoms with E-state index in [0.717, 1.165) is 25.9 Å². The molecule has 1 aromatic rings. The second-order valence-electron chi connectivity index (χ2n) is 5.30. The highest BCUT2D eigenvalue weighted by Gasteiger charge is 2.30. The second kappa shape index (κ2) is 6.40. The molecule has 0 aromatic carbocycles. The van der Waals surface area contributed by atoms with Gasteiger partial charge in [0.25, 0.3) is 5.89 Å². The molecule has 2 N–H and O–H groups in total. The number of hydrogen-bond acceptors (Lipinski definition) is 6. The maximum Gasteiger partial charge on any atom is 0.255 e. The Hall–Kier alpha value is -1.67. The molecule has 1 aromatic heterocycles. The van der Waals surface area contributed by atoms with Crippen LogP contribution >= 0.6 is 0 Å². The monoisotopic (exact) mass is 295 g/mol. The molecule has 3 rings (SSSR count). The SMILES string of the molecule is Cc1noc([C@@H]2CC[C@H](CN=C(N)N3CCOCC3)O2)n1. The molecule has 3 heterocycles. The summed E-state index contributed by atoms with van der Waals surface area (Å²) in [6.07, 6.45) is 1.74. The molecule has 21 heavy (non-hydrogen) atoms. The molecule has 0 saturated carbocycles. The van der Waals surface area contributed by atoms with Gasteiger partial charge in [0.15, 0.2) is 11.8 Å². The Bertz CT molecular complexity index is 498. The lowest BCUT2D eigenvalue weighted by atomic mass is 10.2. The third-order valence-electron chi connectivity index (χ3n) is 3.72.